The Bertz CT molecular complexity index is 343. The van der Waals surface area contributed by atoms with Crippen LogP contribution in [0.2, 0.25) is 5.02 Å². The third-order valence-corrected chi connectivity index (χ3v) is 1.74. The standard InChI is InChI=1S/C12H11ClO/c1-2-9-14-10-3-4-11-5-7-12(13)8-6-11/h2,5-8H,1,9-10H2. The number of halogens is 1. The van der Waals surface area contributed by atoms with E-state index >= 15 is 0 Å². The van der Waals surface area contributed by atoms with Gasteiger partial charge in [-0.2, -0.15) is 0 Å². The van der Waals surface area contributed by atoms with Gasteiger partial charge in [0.2, 0.25) is 0 Å². The minimum Gasteiger partial charge on any atom is -0.365 e. The predicted octanol–water partition coefficient (Wildman–Crippen LogP) is 2.89. The first-order valence-electron chi connectivity index (χ1n) is 4.26. The van der Waals surface area contributed by atoms with Gasteiger partial charge in [-0.25, -0.2) is 0 Å². The molecule has 0 aromatic heterocycles. The molecule has 0 radical (unpaired) electrons. The lowest BCUT2D eigenvalue weighted by atomic mass is 10.2. The zero-order valence-electron chi connectivity index (χ0n) is 7.79. The molecule has 0 unspecified atom stereocenters. The van der Waals surface area contributed by atoms with Crippen LogP contribution in [0.5, 0.6) is 0 Å². The normalized spacial score (nSPS) is 8.93. The Morgan fingerprint density at radius 3 is 2.71 bits per heavy atom. The Morgan fingerprint density at radius 1 is 1.36 bits per heavy atom. The van der Waals surface area contributed by atoms with E-state index in [1.165, 1.54) is 0 Å². The highest BCUT2D eigenvalue weighted by atomic mass is 35.5. The van der Waals surface area contributed by atoms with Crippen LogP contribution in [0.4, 0.5) is 0 Å². The number of rotatable bonds is 3. The summed E-state index contributed by atoms with van der Waals surface area (Å²) in [4.78, 5) is 0. The molecule has 0 saturated heterocycles. The molecule has 14 heavy (non-hydrogen) atoms. The van der Waals surface area contributed by atoms with E-state index in [1.54, 1.807) is 6.08 Å². The van der Waals surface area contributed by atoms with Crippen LogP contribution in [0, 0.1) is 11.8 Å². The summed E-state index contributed by atoms with van der Waals surface area (Å²) < 4.78 is 5.11. The van der Waals surface area contributed by atoms with Crippen LogP contribution in [-0.4, -0.2) is 13.2 Å². The van der Waals surface area contributed by atoms with Crippen molar-refractivity contribution in [1.29, 1.82) is 0 Å². The molecule has 0 amide bonds. The lowest BCUT2D eigenvalue weighted by molar-refractivity contribution is 0.199. The Labute approximate surface area is 89.3 Å². The first-order valence-corrected chi connectivity index (χ1v) is 4.64. The van der Waals surface area contributed by atoms with Crippen LogP contribution in [0.3, 0.4) is 0 Å². The summed E-state index contributed by atoms with van der Waals surface area (Å²) in [5.41, 5.74) is 0.941. The molecule has 2 heteroatoms. The van der Waals surface area contributed by atoms with Gasteiger partial charge in [0.1, 0.15) is 6.61 Å². The van der Waals surface area contributed by atoms with Crippen LogP contribution in [-0.2, 0) is 4.74 Å². The third-order valence-electron chi connectivity index (χ3n) is 1.49. The summed E-state index contributed by atoms with van der Waals surface area (Å²) in [6, 6.07) is 7.39. The highest BCUT2D eigenvalue weighted by Gasteiger charge is 1.86. The third kappa shape index (κ3) is 4.13. The molecule has 1 aromatic rings. The predicted molar refractivity (Wildman–Crippen MR) is 59.3 cm³/mol. The van der Waals surface area contributed by atoms with Crippen LogP contribution in [0.15, 0.2) is 36.9 Å². The SMILES string of the molecule is C=CCOCC#Cc1ccc(Cl)cc1. The fraction of sp³-hybridized carbons (Fsp3) is 0.167. The molecule has 1 nitrogen and oxygen atoms in total. The molecule has 1 aromatic carbocycles. The molecule has 0 aliphatic heterocycles. The van der Waals surface area contributed by atoms with Gasteiger partial charge < -0.3 is 4.74 Å². The number of hydrogen-bond donors (Lipinski definition) is 0. The molecule has 1 rings (SSSR count). The van der Waals surface area contributed by atoms with Gasteiger partial charge in [0.15, 0.2) is 0 Å². The van der Waals surface area contributed by atoms with Gasteiger partial charge in [-0.15, -0.1) is 6.58 Å². The molecule has 0 atom stereocenters. The molecule has 0 fully saturated rings. The van der Waals surface area contributed by atoms with Gasteiger partial charge in [0.05, 0.1) is 6.61 Å². The van der Waals surface area contributed by atoms with Gasteiger partial charge >= 0.3 is 0 Å². The average molecular weight is 207 g/mol. The van der Waals surface area contributed by atoms with Gasteiger partial charge in [-0.1, -0.05) is 29.5 Å². The van der Waals surface area contributed by atoms with E-state index in [0.717, 1.165) is 10.6 Å². The van der Waals surface area contributed by atoms with Gasteiger partial charge in [-0.05, 0) is 24.3 Å². The van der Waals surface area contributed by atoms with Crippen molar-refractivity contribution >= 4 is 11.6 Å². The second kappa shape index (κ2) is 6.26. The summed E-state index contributed by atoms with van der Waals surface area (Å²) in [5, 5.41) is 0.721. The van der Waals surface area contributed by atoms with Crippen LogP contribution in [0.1, 0.15) is 5.56 Å². The molecule has 0 heterocycles. The van der Waals surface area contributed by atoms with Crippen molar-refractivity contribution in [3.63, 3.8) is 0 Å². The quantitative estimate of drug-likeness (QED) is 0.420. The van der Waals surface area contributed by atoms with Crippen LogP contribution < -0.4 is 0 Å². The number of ether oxygens (including phenoxy) is 1. The van der Waals surface area contributed by atoms with Crippen LogP contribution in [0.25, 0.3) is 0 Å². The fourth-order valence-corrected chi connectivity index (χ4v) is 0.991. The summed E-state index contributed by atoms with van der Waals surface area (Å²) in [7, 11) is 0. The molecule has 0 saturated carbocycles. The van der Waals surface area contributed by atoms with Crippen molar-refractivity contribution in [3.05, 3.63) is 47.5 Å². The maximum atomic E-state index is 5.73. The van der Waals surface area contributed by atoms with Crippen molar-refractivity contribution in [1.82, 2.24) is 0 Å². The van der Waals surface area contributed by atoms with Crippen molar-refractivity contribution in [2.75, 3.05) is 13.2 Å². The number of benzene rings is 1. The van der Waals surface area contributed by atoms with Crippen molar-refractivity contribution in [2.45, 2.75) is 0 Å². The molecule has 72 valence electrons. The fourth-order valence-electron chi connectivity index (χ4n) is 0.865. The minimum atomic E-state index is 0.425. The van der Waals surface area contributed by atoms with Gasteiger partial charge in [-0.3, -0.25) is 0 Å². The second-order valence-corrected chi connectivity index (χ2v) is 3.05. The molecular weight excluding hydrogens is 196 g/mol. The summed E-state index contributed by atoms with van der Waals surface area (Å²) >= 11 is 5.73. The Morgan fingerprint density at radius 2 is 2.07 bits per heavy atom. The highest BCUT2D eigenvalue weighted by Crippen LogP contribution is 2.08. The number of hydrogen-bond acceptors (Lipinski definition) is 1. The first-order chi connectivity index (χ1) is 6.83. The van der Waals surface area contributed by atoms with Crippen molar-refractivity contribution < 1.29 is 4.74 Å². The van der Waals surface area contributed by atoms with E-state index in [4.69, 9.17) is 16.3 Å². The zero-order chi connectivity index (χ0) is 10.2. The molecule has 0 bridgehead atoms. The van der Waals surface area contributed by atoms with E-state index in [-0.39, 0.29) is 0 Å². The van der Waals surface area contributed by atoms with Gasteiger partial charge in [0, 0.05) is 10.6 Å². The summed E-state index contributed by atoms with van der Waals surface area (Å²) in [5.74, 6) is 5.86. The Balaban J connectivity index is 2.43. The second-order valence-electron chi connectivity index (χ2n) is 2.61. The van der Waals surface area contributed by atoms with Crippen LogP contribution >= 0.6 is 11.6 Å². The lowest BCUT2D eigenvalue weighted by Crippen LogP contribution is -1.89. The molecule has 0 spiro atoms. The van der Waals surface area contributed by atoms with Crippen molar-refractivity contribution in [3.8, 4) is 11.8 Å². The summed E-state index contributed by atoms with van der Waals surface area (Å²) in [6.07, 6.45) is 1.70. The Kier molecular flexibility index (Phi) is 4.85. The largest absolute Gasteiger partial charge is 0.365 e. The smallest absolute Gasteiger partial charge is 0.108 e. The minimum absolute atomic E-state index is 0.425. The maximum absolute atomic E-state index is 5.73. The maximum Gasteiger partial charge on any atom is 0.108 e. The molecule has 0 aliphatic carbocycles. The van der Waals surface area contributed by atoms with E-state index in [2.05, 4.69) is 18.4 Å². The van der Waals surface area contributed by atoms with Crippen molar-refractivity contribution in [2.24, 2.45) is 0 Å². The Hall–Kier alpha value is -1.23. The first kappa shape index (κ1) is 10.8. The monoisotopic (exact) mass is 206 g/mol. The molecular formula is C12H11ClO. The molecule has 0 aliphatic rings. The van der Waals surface area contributed by atoms with E-state index in [9.17, 15) is 0 Å². The van der Waals surface area contributed by atoms with E-state index in [0.29, 0.717) is 13.2 Å². The molecule has 0 N–H and O–H groups in total. The summed E-state index contributed by atoms with van der Waals surface area (Å²) in [6.45, 7) is 4.50. The topological polar surface area (TPSA) is 9.23 Å². The average Bonchev–Trinajstić information content (AvgIpc) is 2.21. The highest BCUT2D eigenvalue weighted by molar-refractivity contribution is 6.30. The van der Waals surface area contributed by atoms with E-state index in [1.807, 2.05) is 24.3 Å². The zero-order valence-corrected chi connectivity index (χ0v) is 8.55. The van der Waals surface area contributed by atoms with E-state index < -0.39 is 0 Å². The lowest BCUT2D eigenvalue weighted by Gasteiger charge is -1.92. The van der Waals surface area contributed by atoms with Gasteiger partial charge in [0.25, 0.3) is 0 Å².